The van der Waals surface area contributed by atoms with Crippen LogP contribution >= 0.6 is 0 Å². The van der Waals surface area contributed by atoms with E-state index in [1.807, 2.05) is 6.92 Å². The molecule has 0 aliphatic heterocycles. The third kappa shape index (κ3) is 6.28. The van der Waals surface area contributed by atoms with Gasteiger partial charge in [0.2, 0.25) is 0 Å². The maximum absolute atomic E-state index is 5.68. The zero-order valence-corrected chi connectivity index (χ0v) is 7.93. The molecule has 0 aliphatic carbocycles. The van der Waals surface area contributed by atoms with Crippen LogP contribution in [0.3, 0.4) is 0 Å². The SMILES string of the molecule is CCCN(CC)CC(C)(N)N. The van der Waals surface area contributed by atoms with Crippen LogP contribution in [0.25, 0.3) is 0 Å². The number of hydrogen-bond donors (Lipinski definition) is 2. The average Bonchev–Trinajstić information content (AvgIpc) is 1.84. The normalized spacial score (nSPS) is 12.5. The molecule has 3 nitrogen and oxygen atoms in total. The van der Waals surface area contributed by atoms with Crippen LogP contribution in [-0.2, 0) is 0 Å². The first-order valence-corrected chi connectivity index (χ1v) is 4.29. The molecule has 0 heterocycles. The van der Waals surface area contributed by atoms with Gasteiger partial charge in [-0.05, 0) is 26.4 Å². The minimum atomic E-state index is -0.550. The summed E-state index contributed by atoms with van der Waals surface area (Å²) in [4.78, 5) is 2.26. The Labute approximate surface area is 69.7 Å². The van der Waals surface area contributed by atoms with Crippen LogP contribution in [0.5, 0.6) is 0 Å². The van der Waals surface area contributed by atoms with Crippen molar-refractivity contribution >= 4 is 0 Å². The predicted molar refractivity (Wildman–Crippen MR) is 49.2 cm³/mol. The molecule has 0 saturated heterocycles. The molecule has 0 aromatic carbocycles. The number of nitrogens with zero attached hydrogens (tertiary/aromatic N) is 1. The Morgan fingerprint density at radius 2 is 1.82 bits per heavy atom. The van der Waals surface area contributed by atoms with Crippen molar-refractivity contribution in [3.05, 3.63) is 0 Å². The molecule has 3 heteroatoms. The van der Waals surface area contributed by atoms with Crippen molar-refractivity contribution in [3.8, 4) is 0 Å². The molecule has 0 rings (SSSR count). The van der Waals surface area contributed by atoms with Crippen LogP contribution in [0, 0.1) is 0 Å². The maximum atomic E-state index is 5.68. The van der Waals surface area contributed by atoms with Crippen molar-refractivity contribution in [2.45, 2.75) is 32.9 Å². The summed E-state index contributed by atoms with van der Waals surface area (Å²) in [7, 11) is 0. The van der Waals surface area contributed by atoms with E-state index in [0.29, 0.717) is 0 Å². The predicted octanol–water partition coefficient (Wildman–Crippen LogP) is 0.352. The second kappa shape index (κ2) is 4.70. The molecule has 0 aliphatic rings. The van der Waals surface area contributed by atoms with Gasteiger partial charge in [-0.15, -0.1) is 0 Å². The van der Waals surface area contributed by atoms with Gasteiger partial charge in [-0.2, -0.15) is 0 Å². The molecule has 0 bridgehead atoms. The van der Waals surface area contributed by atoms with Crippen LogP contribution < -0.4 is 11.5 Å². The number of nitrogens with two attached hydrogens (primary N) is 2. The monoisotopic (exact) mass is 159 g/mol. The van der Waals surface area contributed by atoms with Crippen molar-refractivity contribution in [1.29, 1.82) is 0 Å². The number of hydrogen-bond acceptors (Lipinski definition) is 3. The molecule has 0 unspecified atom stereocenters. The Balaban J connectivity index is 3.68. The summed E-state index contributed by atoms with van der Waals surface area (Å²) in [5.74, 6) is 0. The molecule has 0 radical (unpaired) electrons. The summed E-state index contributed by atoms with van der Waals surface area (Å²) < 4.78 is 0. The lowest BCUT2D eigenvalue weighted by molar-refractivity contribution is 0.230. The van der Waals surface area contributed by atoms with Crippen LogP contribution in [0.2, 0.25) is 0 Å². The second-order valence-corrected chi connectivity index (χ2v) is 3.37. The van der Waals surface area contributed by atoms with Crippen LogP contribution in [0.1, 0.15) is 27.2 Å². The zero-order valence-electron chi connectivity index (χ0n) is 7.93. The molecule has 11 heavy (non-hydrogen) atoms. The van der Waals surface area contributed by atoms with Crippen molar-refractivity contribution in [3.63, 3.8) is 0 Å². The van der Waals surface area contributed by atoms with E-state index in [2.05, 4.69) is 18.7 Å². The fourth-order valence-electron chi connectivity index (χ4n) is 1.15. The average molecular weight is 159 g/mol. The largest absolute Gasteiger partial charge is 0.313 e. The number of likely N-dealkylation sites (N-methyl/N-ethyl adjacent to an activating group) is 1. The van der Waals surface area contributed by atoms with Gasteiger partial charge in [-0.25, -0.2) is 0 Å². The molecular formula is C8H21N3. The van der Waals surface area contributed by atoms with E-state index < -0.39 is 5.66 Å². The minimum absolute atomic E-state index is 0.550. The van der Waals surface area contributed by atoms with Gasteiger partial charge in [0.15, 0.2) is 0 Å². The molecule has 0 amide bonds. The summed E-state index contributed by atoms with van der Waals surface area (Å²) in [6.45, 7) is 9.02. The van der Waals surface area contributed by atoms with Gasteiger partial charge in [-0.3, -0.25) is 0 Å². The van der Waals surface area contributed by atoms with Crippen molar-refractivity contribution < 1.29 is 0 Å². The standard InChI is InChI=1S/C8H21N3/c1-4-6-11(5-2)7-8(3,9)10/h4-7,9-10H2,1-3H3. The summed E-state index contributed by atoms with van der Waals surface area (Å²) in [6.07, 6.45) is 1.16. The first kappa shape index (κ1) is 10.9. The van der Waals surface area contributed by atoms with E-state index in [0.717, 1.165) is 26.1 Å². The van der Waals surface area contributed by atoms with E-state index in [9.17, 15) is 0 Å². The van der Waals surface area contributed by atoms with Crippen LogP contribution in [-0.4, -0.2) is 30.2 Å². The van der Waals surface area contributed by atoms with Crippen molar-refractivity contribution in [1.82, 2.24) is 4.90 Å². The summed E-state index contributed by atoms with van der Waals surface area (Å²) in [6, 6.07) is 0. The Hall–Kier alpha value is -0.120. The van der Waals surface area contributed by atoms with Crippen molar-refractivity contribution in [2.24, 2.45) is 11.5 Å². The Bertz CT molecular complexity index is 96.0. The number of rotatable bonds is 5. The molecule has 68 valence electrons. The third-order valence-corrected chi connectivity index (χ3v) is 1.55. The molecule has 0 atom stereocenters. The van der Waals surface area contributed by atoms with Crippen LogP contribution in [0.15, 0.2) is 0 Å². The van der Waals surface area contributed by atoms with E-state index >= 15 is 0 Å². The van der Waals surface area contributed by atoms with E-state index in [1.165, 1.54) is 0 Å². The first-order chi connectivity index (χ1) is 4.99. The second-order valence-electron chi connectivity index (χ2n) is 3.37. The van der Waals surface area contributed by atoms with Crippen LogP contribution in [0.4, 0.5) is 0 Å². The molecule has 0 aromatic rings. The molecular weight excluding hydrogens is 138 g/mol. The van der Waals surface area contributed by atoms with E-state index in [-0.39, 0.29) is 0 Å². The van der Waals surface area contributed by atoms with Gasteiger partial charge in [0.25, 0.3) is 0 Å². The van der Waals surface area contributed by atoms with E-state index in [4.69, 9.17) is 11.5 Å². The highest BCUT2D eigenvalue weighted by Crippen LogP contribution is 1.96. The summed E-state index contributed by atoms with van der Waals surface area (Å²) in [5, 5.41) is 0. The van der Waals surface area contributed by atoms with Gasteiger partial charge >= 0.3 is 0 Å². The fourth-order valence-corrected chi connectivity index (χ4v) is 1.15. The highest BCUT2D eigenvalue weighted by Gasteiger charge is 2.14. The quantitative estimate of drug-likeness (QED) is 0.569. The fraction of sp³-hybridized carbons (Fsp3) is 1.00. The lowest BCUT2D eigenvalue weighted by Crippen LogP contribution is -2.55. The Kier molecular flexibility index (Phi) is 4.65. The molecule has 4 N–H and O–H groups in total. The topological polar surface area (TPSA) is 55.3 Å². The maximum Gasteiger partial charge on any atom is 0.0738 e. The van der Waals surface area contributed by atoms with Gasteiger partial charge < -0.3 is 16.4 Å². The Morgan fingerprint density at radius 1 is 1.27 bits per heavy atom. The third-order valence-electron chi connectivity index (χ3n) is 1.55. The van der Waals surface area contributed by atoms with Gasteiger partial charge in [0, 0.05) is 6.54 Å². The summed E-state index contributed by atoms with van der Waals surface area (Å²) >= 11 is 0. The molecule has 0 saturated carbocycles. The molecule has 0 spiro atoms. The molecule has 0 aromatic heterocycles. The van der Waals surface area contributed by atoms with Crippen molar-refractivity contribution in [2.75, 3.05) is 19.6 Å². The summed E-state index contributed by atoms with van der Waals surface area (Å²) in [5.41, 5.74) is 10.8. The molecule has 0 fully saturated rings. The Morgan fingerprint density at radius 3 is 2.09 bits per heavy atom. The van der Waals surface area contributed by atoms with Gasteiger partial charge in [0.05, 0.1) is 5.66 Å². The van der Waals surface area contributed by atoms with E-state index in [1.54, 1.807) is 0 Å². The zero-order chi connectivity index (χ0) is 8.91. The first-order valence-electron chi connectivity index (χ1n) is 4.29. The highest BCUT2D eigenvalue weighted by molar-refractivity contribution is 4.74. The lowest BCUT2D eigenvalue weighted by Gasteiger charge is -2.28. The lowest BCUT2D eigenvalue weighted by atomic mass is 10.2. The van der Waals surface area contributed by atoms with Gasteiger partial charge in [-0.1, -0.05) is 13.8 Å². The smallest absolute Gasteiger partial charge is 0.0738 e. The van der Waals surface area contributed by atoms with Gasteiger partial charge in [0.1, 0.15) is 0 Å². The minimum Gasteiger partial charge on any atom is -0.313 e. The highest BCUT2D eigenvalue weighted by atomic mass is 15.2.